The van der Waals surface area contributed by atoms with Gasteiger partial charge >= 0.3 is 5.69 Å². The van der Waals surface area contributed by atoms with E-state index < -0.39 is 16.4 Å². The normalized spacial score (nSPS) is 19.9. The molecule has 1 aromatic carbocycles. The maximum absolute atomic E-state index is 13.3. The minimum absolute atomic E-state index is 0.0189. The van der Waals surface area contributed by atoms with E-state index in [9.17, 15) is 19.3 Å². The number of rotatable bonds is 2. The van der Waals surface area contributed by atoms with Gasteiger partial charge in [0.15, 0.2) is 0 Å². The predicted molar refractivity (Wildman–Crippen MR) is 71.0 cm³/mol. The molecule has 0 N–H and O–H groups in total. The fourth-order valence-electron chi connectivity index (χ4n) is 2.39. The minimum Gasteiger partial charge on any atom is -0.333 e. The molecular weight excluding hydrogens is 265 g/mol. The summed E-state index contributed by atoms with van der Waals surface area (Å²) in [5.41, 5.74) is -0.521. The summed E-state index contributed by atoms with van der Waals surface area (Å²) in [6.07, 6.45) is 0. The first-order chi connectivity index (χ1) is 9.40. The van der Waals surface area contributed by atoms with Crippen LogP contribution < -0.4 is 0 Å². The van der Waals surface area contributed by atoms with Crippen LogP contribution in [0.3, 0.4) is 0 Å². The summed E-state index contributed by atoms with van der Waals surface area (Å²) in [7, 11) is 1.97. The van der Waals surface area contributed by atoms with Gasteiger partial charge in [-0.15, -0.1) is 0 Å². The molecule has 0 spiro atoms. The molecule has 1 aromatic rings. The van der Waals surface area contributed by atoms with Crippen molar-refractivity contribution in [3.8, 4) is 0 Å². The third-order valence-corrected chi connectivity index (χ3v) is 3.48. The zero-order valence-corrected chi connectivity index (χ0v) is 11.4. The van der Waals surface area contributed by atoms with Crippen LogP contribution in [0.2, 0.25) is 0 Å². The highest BCUT2D eigenvalue weighted by molar-refractivity contribution is 5.95. The lowest BCUT2D eigenvalue weighted by molar-refractivity contribution is -0.387. The van der Waals surface area contributed by atoms with Crippen molar-refractivity contribution in [1.82, 2.24) is 9.80 Å². The largest absolute Gasteiger partial charge is 0.333 e. The molecule has 0 bridgehead atoms. The van der Waals surface area contributed by atoms with Crippen molar-refractivity contribution in [2.75, 3.05) is 26.7 Å². The number of amides is 1. The summed E-state index contributed by atoms with van der Waals surface area (Å²) >= 11 is 0. The summed E-state index contributed by atoms with van der Waals surface area (Å²) in [5.74, 6) is -1.23. The molecule has 0 radical (unpaired) electrons. The molecule has 1 fully saturated rings. The van der Waals surface area contributed by atoms with Crippen LogP contribution in [-0.4, -0.2) is 53.4 Å². The molecule has 1 aliphatic heterocycles. The van der Waals surface area contributed by atoms with E-state index in [0.29, 0.717) is 6.54 Å². The van der Waals surface area contributed by atoms with E-state index in [-0.39, 0.29) is 17.5 Å². The highest BCUT2D eigenvalue weighted by Gasteiger charge is 2.28. The van der Waals surface area contributed by atoms with Crippen LogP contribution in [0.4, 0.5) is 10.1 Å². The first kappa shape index (κ1) is 14.4. The molecule has 2 rings (SSSR count). The van der Waals surface area contributed by atoms with Crippen molar-refractivity contribution >= 4 is 11.6 Å². The van der Waals surface area contributed by atoms with Crippen LogP contribution in [0.25, 0.3) is 0 Å². The number of carbonyl (C=O) groups excluding carboxylic acids is 1. The summed E-state index contributed by atoms with van der Waals surface area (Å²) in [6.45, 7) is 3.97. The molecule has 1 unspecified atom stereocenters. The number of nitro benzene ring substituents is 1. The van der Waals surface area contributed by atoms with Crippen LogP contribution in [0.1, 0.15) is 17.3 Å². The average molecular weight is 281 g/mol. The third-order valence-electron chi connectivity index (χ3n) is 3.48. The first-order valence-corrected chi connectivity index (χ1v) is 6.33. The van der Waals surface area contributed by atoms with E-state index in [1.165, 1.54) is 6.07 Å². The standard InChI is InChI=1S/C13H16FN3O3/c1-9-8-15(2)5-6-16(9)13(18)10-3-4-11(14)12(7-10)17(19)20/h3-4,7,9H,5-6,8H2,1-2H3. The van der Waals surface area contributed by atoms with E-state index >= 15 is 0 Å². The highest BCUT2D eigenvalue weighted by Crippen LogP contribution is 2.21. The molecule has 1 amide bonds. The number of hydrogen-bond acceptors (Lipinski definition) is 4. The maximum atomic E-state index is 13.3. The van der Waals surface area contributed by atoms with Crippen molar-refractivity contribution in [2.45, 2.75) is 13.0 Å². The van der Waals surface area contributed by atoms with Gasteiger partial charge in [0, 0.05) is 37.3 Å². The number of benzene rings is 1. The van der Waals surface area contributed by atoms with Crippen LogP contribution in [0.15, 0.2) is 18.2 Å². The Balaban J connectivity index is 2.25. The van der Waals surface area contributed by atoms with Gasteiger partial charge in [-0.1, -0.05) is 0 Å². The van der Waals surface area contributed by atoms with E-state index in [1.54, 1.807) is 4.90 Å². The molecule has 0 aliphatic carbocycles. The third kappa shape index (κ3) is 2.77. The lowest BCUT2D eigenvalue weighted by Crippen LogP contribution is -2.52. The van der Waals surface area contributed by atoms with Crippen LogP contribution in [0, 0.1) is 15.9 Å². The number of likely N-dealkylation sites (N-methyl/N-ethyl adjacent to an activating group) is 1. The Morgan fingerprint density at radius 3 is 2.75 bits per heavy atom. The van der Waals surface area contributed by atoms with E-state index in [1.807, 2.05) is 14.0 Å². The van der Waals surface area contributed by atoms with E-state index in [0.717, 1.165) is 25.2 Å². The molecule has 1 atom stereocenters. The minimum atomic E-state index is -0.932. The zero-order valence-electron chi connectivity index (χ0n) is 11.4. The van der Waals surface area contributed by atoms with Gasteiger partial charge < -0.3 is 9.80 Å². The fraction of sp³-hybridized carbons (Fsp3) is 0.462. The van der Waals surface area contributed by atoms with Gasteiger partial charge in [-0.25, -0.2) is 0 Å². The number of nitro groups is 1. The fourth-order valence-corrected chi connectivity index (χ4v) is 2.39. The second kappa shape index (κ2) is 5.54. The molecule has 1 heterocycles. The molecular formula is C13H16FN3O3. The van der Waals surface area contributed by atoms with Crippen LogP contribution >= 0.6 is 0 Å². The van der Waals surface area contributed by atoms with Crippen molar-refractivity contribution in [3.05, 3.63) is 39.7 Å². The number of carbonyl (C=O) groups is 1. The predicted octanol–water partition coefficient (Wildman–Crippen LogP) is 1.51. The summed E-state index contributed by atoms with van der Waals surface area (Å²) in [4.78, 5) is 26.0. The molecule has 6 nitrogen and oxygen atoms in total. The monoisotopic (exact) mass is 281 g/mol. The van der Waals surface area contributed by atoms with Gasteiger partial charge in [-0.3, -0.25) is 14.9 Å². The Bertz CT molecular complexity index is 550. The number of piperazine rings is 1. The molecule has 20 heavy (non-hydrogen) atoms. The molecule has 0 aromatic heterocycles. The summed E-state index contributed by atoms with van der Waals surface area (Å²) in [6, 6.07) is 3.27. The molecule has 108 valence electrons. The number of nitrogens with zero attached hydrogens (tertiary/aromatic N) is 3. The number of halogens is 1. The van der Waals surface area contributed by atoms with Gasteiger partial charge in [0.05, 0.1) is 4.92 Å². The van der Waals surface area contributed by atoms with Crippen molar-refractivity contribution in [3.63, 3.8) is 0 Å². The first-order valence-electron chi connectivity index (χ1n) is 6.33. The maximum Gasteiger partial charge on any atom is 0.305 e. The Kier molecular flexibility index (Phi) is 3.99. The quantitative estimate of drug-likeness (QED) is 0.609. The SMILES string of the molecule is CC1CN(C)CCN1C(=O)c1ccc(F)c([N+](=O)[O-])c1. The second-order valence-corrected chi connectivity index (χ2v) is 5.03. The Morgan fingerprint density at radius 1 is 1.45 bits per heavy atom. The molecule has 7 heteroatoms. The lowest BCUT2D eigenvalue weighted by Gasteiger charge is -2.38. The average Bonchev–Trinajstić information content (AvgIpc) is 2.38. The zero-order chi connectivity index (χ0) is 14.9. The summed E-state index contributed by atoms with van der Waals surface area (Å²) in [5, 5.41) is 10.7. The van der Waals surface area contributed by atoms with Gasteiger partial charge in [0.1, 0.15) is 0 Å². The van der Waals surface area contributed by atoms with Crippen molar-refractivity contribution in [2.24, 2.45) is 0 Å². The molecule has 0 saturated carbocycles. The second-order valence-electron chi connectivity index (χ2n) is 5.03. The van der Waals surface area contributed by atoms with E-state index in [2.05, 4.69) is 4.90 Å². The molecule has 1 saturated heterocycles. The lowest BCUT2D eigenvalue weighted by atomic mass is 10.1. The van der Waals surface area contributed by atoms with Crippen molar-refractivity contribution < 1.29 is 14.1 Å². The Morgan fingerprint density at radius 2 is 2.15 bits per heavy atom. The van der Waals surface area contributed by atoms with Gasteiger partial charge in [-0.2, -0.15) is 4.39 Å². The van der Waals surface area contributed by atoms with Crippen LogP contribution in [0.5, 0.6) is 0 Å². The van der Waals surface area contributed by atoms with E-state index in [4.69, 9.17) is 0 Å². The van der Waals surface area contributed by atoms with Gasteiger partial charge in [0.25, 0.3) is 5.91 Å². The smallest absolute Gasteiger partial charge is 0.305 e. The summed E-state index contributed by atoms with van der Waals surface area (Å²) < 4.78 is 13.3. The van der Waals surface area contributed by atoms with Crippen molar-refractivity contribution in [1.29, 1.82) is 0 Å². The number of hydrogen-bond donors (Lipinski definition) is 0. The Labute approximate surface area is 115 Å². The molecule has 1 aliphatic rings. The topological polar surface area (TPSA) is 66.7 Å². The Hall–Kier alpha value is -2.02. The highest BCUT2D eigenvalue weighted by atomic mass is 19.1. The van der Waals surface area contributed by atoms with Gasteiger partial charge in [0.2, 0.25) is 5.82 Å². The van der Waals surface area contributed by atoms with Gasteiger partial charge in [-0.05, 0) is 26.1 Å². The van der Waals surface area contributed by atoms with Crippen LogP contribution in [-0.2, 0) is 0 Å².